The Morgan fingerprint density at radius 2 is 1.77 bits per heavy atom. The highest BCUT2D eigenvalue weighted by Crippen LogP contribution is 2.45. The van der Waals surface area contributed by atoms with E-state index in [9.17, 15) is 19.8 Å². The maximum atomic E-state index is 13.4. The van der Waals surface area contributed by atoms with Gasteiger partial charge in [0.1, 0.15) is 24.7 Å². The molecule has 9 nitrogen and oxygen atoms in total. The number of ether oxygens (including phenoxy) is 2. The van der Waals surface area contributed by atoms with E-state index in [0.29, 0.717) is 45.9 Å². The third kappa shape index (κ3) is 4.82. The quantitative estimate of drug-likeness (QED) is 0.111. The number of aliphatic hydroxyl groups excluding tert-OH is 1. The minimum absolute atomic E-state index is 0.0474. The average molecular weight is 560 g/mol. The van der Waals surface area contributed by atoms with Gasteiger partial charge in [-0.25, -0.2) is 0 Å². The summed E-state index contributed by atoms with van der Waals surface area (Å²) in [5.74, 6) is -0.524. The van der Waals surface area contributed by atoms with Gasteiger partial charge in [0, 0.05) is 11.3 Å². The van der Waals surface area contributed by atoms with Crippen molar-refractivity contribution in [2.75, 3.05) is 18.1 Å². The summed E-state index contributed by atoms with van der Waals surface area (Å²) in [7, 11) is 0. The van der Waals surface area contributed by atoms with Gasteiger partial charge in [0.15, 0.2) is 15.8 Å². The lowest BCUT2D eigenvalue weighted by molar-refractivity contribution is -0.132. The molecule has 0 aliphatic carbocycles. The number of aromatic nitrogens is 2. The van der Waals surface area contributed by atoms with E-state index in [1.165, 1.54) is 40.1 Å². The van der Waals surface area contributed by atoms with E-state index in [1.807, 2.05) is 30.3 Å². The summed E-state index contributed by atoms with van der Waals surface area (Å²) in [6.07, 6.45) is 0. The van der Waals surface area contributed by atoms with Gasteiger partial charge in [-0.3, -0.25) is 14.5 Å². The summed E-state index contributed by atoms with van der Waals surface area (Å²) in [5.41, 5.74) is 1.70. The van der Waals surface area contributed by atoms with Gasteiger partial charge in [-0.15, -0.1) is 10.2 Å². The molecule has 6 rings (SSSR count). The van der Waals surface area contributed by atoms with Crippen molar-refractivity contribution >= 4 is 45.7 Å². The summed E-state index contributed by atoms with van der Waals surface area (Å²) >= 11 is 2.64. The molecule has 3 heterocycles. The lowest BCUT2D eigenvalue weighted by Gasteiger charge is -2.23. The molecule has 4 aromatic rings. The number of hydrogen-bond acceptors (Lipinski definition) is 10. The van der Waals surface area contributed by atoms with E-state index in [0.717, 1.165) is 5.56 Å². The van der Waals surface area contributed by atoms with E-state index >= 15 is 0 Å². The molecular formula is C28H21N3O6S2. The predicted molar refractivity (Wildman–Crippen MR) is 146 cm³/mol. The number of carbonyl (C=O) groups is 2. The number of nitrogens with zero attached hydrogens (tertiary/aromatic N) is 3. The van der Waals surface area contributed by atoms with E-state index in [1.54, 1.807) is 30.3 Å². The number of ketones is 1. The number of carbonyl (C=O) groups excluding carboxylic acids is 2. The fraction of sp³-hybridized carbons (Fsp3) is 0.143. The van der Waals surface area contributed by atoms with Crippen LogP contribution in [0.5, 0.6) is 17.2 Å². The van der Waals surface area contributed by atoms with E-state index in [2.05, 4.69) is 10.2 Å². The summed E-state index contributed by atoms with van der Waals surface area (Å²) < 4.78 is 11.8. The smallest absolute Gasteiger partial charge is 0.301 e. The van der Waals surface area contributed by atoms with Crippen molar-refractivity contribution in [2.45, 2.75) is 16.1 Å². The molecule has 196 valence electrons. The summed E-state index contributed by atoms with van der Waals surface area (Å²) in [6.45, 7) is 0.765. The number of rotatable bonds is 6. The van der Waals surface area contributed by atoms with Crippen LogP contribution in [0.2, 0.25) is 0 Å². The van der Waals surface area contributed by atoms with Crippen molar-refractivity contribution in [3.05, 3.63) is 95.1 Å². The molecule has 2 N–H and O–H groups in total. The molecule has 0 saturated carbocycles. The fourth-order valence-electron chi connectivity index (χ4n) is 4.46. The van der Waals surface area contributed by atoms with Crippen LogP contribution in [0.25, 0.3) is 5.76 Å². The van der Waals surface area contributed by atoms with Crippen LogP contribution in [0.4, 0.5) is 5.13 Å². The number of benzene rings is 3. The maximum Gasteiger partial charge on any atom is 0.301 e. The van der Waals surface area contributed by atoms with Crippen LogP contribution in [-0.2, 0) is 15.3 Å². The molecule has 1 atom stereocenters. The average Bonchev–Trinajstić information content (AvgIpc) is 3.53. The molecule has 1 saturated heterocycles. The number of aromatic hydroxyl groups is 1. The SMILES string of the molecule is O=C1C(=O)N(c2nnc(SCc3ccccc3)s2)C(c2cccc(O)c2)C1=C(O)c1ccc2c(c1)OCCO2. The third-order valence-electron chi connectivity index (χ3n) is 6.25. The number of fused-ring (bicyclic) bond motifs is 1. The molecular weight excluding hydrogens is 538 g/mol. The Bertz CT molecular complexity index is 1600. The molecule has 0 spiro atoms. The number of anilines is 1. The monoisotopic (exact) mass is 559 g/mol. The van der Waals surface area contributed by atoms with Crippen LogP contribution in [0.1, 0.15) is 22.7 Å². The van der Waals surface area contributed by atoms with E-state index in [4.69, 9.17) is 9.47 Å². The number of thioether (sulfide) groups is 1. The second-order valence-corrected chi connectivity index (χ2v) is 10.9. The zero-order valence-corrected chi connectivity index (χ0v) is 21.9. The van der Waals surface area contributed by atoms with Crippen molar-refractivity contribution < 1.29 is 29.3 Å². The number of hydrogen-bond donors (Lipinski definition) is 2. The van der Waals surface area contributed by atoms with Crippen molar-refractivity contribution in [3.63, 3.8) is 0 Å². The Labute approximate surface area is 231 Å². The predicted octanol–water partition coefficient (Wildman–Crippen LogP) is 4.93. The molecule has 1 fully saturated rings. The van der Waals surface area contributed by atoms with Crippen LogP contribution in [0.15, 0.2) is 82.7 Å². The topological polar surface area (TPSA) is 122 Å². The highest BCUT2D eigenvalue weighted by molar-refractivity contribution is 8.00. The lowest BCUT2D eigenvalue weighted by Crippen LogP contribution is -2.29. The molecule has 1 aromatic heterocycles. The third-order valence-corrected chi connectivity index (χ3v) is 8.38. The second-order valence-electron chi connectivity index (χ2n) is 8.75. The van der Waals surface area contributed by atoms with Crippen LogP contribution < -0.4 is 14.4 Å². The number of amides is 1. The zero-order chi connectivity index (χ0) is 26.9. The Hall–Kier alpha value is -4.35. The van der Waals surface area contributed by atoms with Crippen LogP contribution in [0.3, 0.4) is 0 Å². The lowest BCUT2D eigenvalue weighted by atomic mass is 9.95. The highest BCUT2D eigenvalue weighted by Gasteiger charge is 2.48. The van der Waals surface area contributed by atoms with Crippen LogP contribution in [0, 0.1) is 0 Å². The van der Waals surface area contributed by atoms with Crippen molar-refractivity contribution in [3.8, 4) is 17.2 Å². The number of Topliss-reactive ketones (excluding diaryl/α,β-unsaturated/α-hetero) is 1. The van der Waals surface area contributed by atoms with Crippen molar-refractivity contribution in [2.24, 2.45) is 0 Å². The maximum absolute atomic E-state index is 13.4. The van der Waals surface area contributed by atoms with Gasteiger partial charge in [0.25, 0.3) is 5.78 Å². The number of aliphatic hydroxyl groups is 1. The summed E-state index contributed by atoms with van der Waals surface area (Å²) in [5, 5.41) is 30.2. The van der Waals surface area contributed by atoms with Crippen LogP contribution >= 0.6 is 23.1 Å². The first-order valence-corrected chi connectivity index (χ1v) is 13.8. The molecule has 0 bridgehead atoms. The van der Waals surface area contributed by atoms with Gasteiger partial charge in [0.2, 0.25) is 5.13 Å². The Morgan fingerprint density at radius 1 is 0.974 bits per heavy atom. The van der Waals surface area contributed by atoms with Crippen molar-refractivity contribution in [1.82, 2.24) is 10.2 Å². The number of phenolic OH excluding ortho intramolecular Hbond substituents is 1. The molecule has 11 heteroatoms. The fourth-order valence-corrected chi connectivity index (χ4v) is 6.29. The van der Waals surface area contributed by atoms with Crippen molar-refractivity contribution in [1.29, 1.82) is 0 Å². The van der Waals surface area contributed by atoms with E-state index < -0.39 is 17.7 Å². The van der Waals surface area contributed by atoms with E-state index in [-0.39, 0.29) is 22.2 Å². The Morgan fingerprint density at radius 3 is 2.56 bits per heavy atom. The van der Waals surface area contributed by atoms with Crippen LogP contribution in [-0.4, -0.2) is 45.3 Å². The normalized spacial score (nSPS) is 17.9. The van der Waals surface area contributed by atoms with Gasteiger partial charge in [-0.1, -0.05) is 65.6 Å². The Balaban J connectivity index is 1.40. The Kier molecular flexibility index (Phi) is 6.67. The molecule has 2 aliphatic rings. The van der Waals surface area contributed by atoms with Gasteiger partial charge in [-0.2, -0.15) is 0 Å². The first kappa shape index (κ1) is 25.0. The molecule has 3 aromatic carbocycles. The molecule has 1 unspecified atom stereocenters. The minimum Gasteiger partial charge on any atom is -0.508 e. The first-order chi connectivity index (χ1) is 19.0. The standard InChI is InChI=1S/C28H21N3O6S2/c32-19-8-4-7-17(13-19)23-22(24(33)18-9-10-20-21(14-18)37-12-11-36-20)25(34)26(35)31(23)27-29-30-28(39-27)38-15-16-5-2-1-3-6-16/h1-10,13-14,23,32-33H,11-12,15H2. The molecule has 39 heavy (non-hydrogen) atoms. The van der Waals surface area contributed by atoms with Gasteiger partial charge < -0.3 is 19.7 Å². The van der Waals surface area contributed by atoms with Gasteiger partial charge in [0.05, 0.1) is 11.6 Å². The minimum atomic E-state index is -1.04. The highest BCUT2D eigenvalue weighted by atomic mass is 32.2. The van der Waals surface area contributed by atoms with Gasteiger partial charge >= 0.3 is 5.91 Å². The zero-order valence-electron chi connectivity index (χ0n) is 20.3. The molecule has 0 radical (unpaired) electrons. The summed E-state index contributed by atoms with van der Waals surface area (Å²) in [4.78, 5) is 28.0. The second kappa shape index (κ2) is 10.4. The first-order valence-electron chi connectivity index (χ1n) is 12.0. The largest absolute Gasteiger partial charge is 0.508 e. The number of phenols is 1. The molecule has 2 aliphatic heterocycles. The molecule has 1 amide bonds. The van der Waals surface area contributed by atoms with Gasteiger partial charge in [-0.05, 0) is 41.5 Å². The summed E-state index contributed by atoms with van der Waals surface area (Å²) in [6, 6.07) is 19.9.